The number of rotatable bonds is 5. The Morgan fingerprint density at radius 3 is 2.29 bits per heavy atom. The third kappa shape index (κ3) is 4.72. The summed E-state index contributed by atoms with van der Waals surface area (Å²) in [4.78, 5) is 24.5. The maximum absolute atomic E-state index is 12.9. The van der Waals surface area contributed by atoms with E-state index >= 15 is 0 Å². The van der Waals surface area contributed by atoms with E-state index in [4.69, 9.17) is 5.26 Å². The summed E-state index contributed by atoms with van der Waals surface area (Å²) in [6, 6.07) is 18.4. The molecular formula is C23H16N4O3S. The first-order chi connectivity index (χ1) is 14.8. The molecule has 0 aliphatic carbocycles. The van der Waals surface area contributed by atoms with Crippen LogP contribution >= 0.6 is 11.8 Å². The van der Waals surface area contributed by atoms with Crippen molar-refractivity contribution in [1.82, 2.24) is 0 Å². The van der Waals surface area contributed by atoms with E-state index in [1.165, 1.54) is 6.07 Å². The van der Waals surface area contributed by atoms with Crippen LogP contribution in [0.5, 0.6) is 0 Å². The van der Waals surface area contributed by atoms with Gasteiger partial charge in [-0.1, -0.05) is 30.0 Å². The van der Waals surface area contributed by atoms with Crippen molar-refractivity contribution in [2.75, 3.05) is 5.32 Å². The van der Waals surface area contributed by atoms with Gasteiger partial charge < -0.3 is 5.32 Å². The maximum Gasteiger partial charge on any atom is 0.284 e. The van der Waals surface area contributed by atoms with Crippen molar-refractivity contribution in [2.24, 2.45) is 0 Å². The Bertz CT molecular complexity index is 1290. The molecule has 0 fully saturated rings. The van der Waals surface area contributed by atoms with Gasteiger partial charge in [0.2, 0.25) is 0 Å². The fourth-order valence-corrected chi connectivity index (χ4v) is 3.93. The van der Waals surface area contributed by atoms with Gasteiger partial charge in [-0.3, -0.25) is 14.9 Å². The van der Waals surface area contributed by atoms with E-state index < -0.39 is 4.92 Å². The van der Waals surface area contributed by atoms with E-state index in [9.17, 15) is 20.2 Å². The summed E-state index contributed by atoms with van der Waals surface area (Å²) >= 11 is 0.999. The molecule has 152 valence electrons. The van der Waals surface area contributed by atoms with E-state index in [0.717, 1.165) is 29.0 Å². The Labute approximate surface area is 183 Å². The van der Waals surface area contributed by atoms with Gasteiger partial charge in [0.05, 0.1) is 26.5 Å². The maximum atomic E-state index is 12.9. The van der Waals surface area contributed by atoms with Gasteiger partial charge in [0, 0.05) is 16.6 Å². The molecule has 3 aromatic carbocycles. The van der Waals surface area contributed by atoms with Crippen molar-refractivity contribution in [3.8, 4) is 12.1 Å². The van der Waals surface area contributed by atoms with Crippen LogP contribution in [0.1, 0.15) is 32.6 Å². The molecule has 7 nitrogen and oxygen atoms in total. The van der Waals surface area contributed by atoms with Crippen molar-refractivity contribution in [3.63, 3.8) is 0 Å². The van der Waals surface area contributed by atoms with Gasteiger partial charge in [0.25, 0.3) is 11.6 Å². The van der Waals surface area contributed by atoms with Gasteiger partial charge in [0.15, 0.2) is 0 Å². The van der Waals surface area contributed by atoms with Crippen LogP contribution < -0.4 is 5.32 Å². The molecule has 31 heavy (non-hydrogen) atoms. The van der Waals surface area contributed by atoms with Crippen LogP contribution in [-0.4, -0.2) is 10.8 Å². The molecule has 0 atom stereocenters. The summed E-state index contributed by atoms with van der Waals surface area (Å²) in [5.41, 5.74) is 2.79. The molecule has 0 unspecified atom stereocenters. The van der Waals surface area contributed by atoms with E-state index in [1.807, 2.05) is 32.0 Å². The third-order valence-electron chi connectivity index (χ3n) is 4.65. The van der Waals surface area contributed by atoms with Crippen LogP contribution in [-0.2, 0) is 0 Å². The molecule has 3 rings (SSSR count). The Kier molecular flexibility index (Phi) is 6.35. The zero-order valence-corrected chi connectivity index (χ0v) is 17.5. The minimum absolute atomic E-state index is 0.0349. The molecule has 0 aromatic heterocycles. The molecule has 0 aliphatic heterocycles. The van der Waals surface area contributed by atoms with Gasteiger partial charge in [-0.05, 0) is 55.3 Å². The third-order valence-corrected chi connectivity index (χ3v) is 5.78. The molecule has 3 aromatic rings. The lowest BCUT2D eigenvalue weighted by Crippen LogP contribution is -2.13. The second-order valence-corrected chi connectivity index (χ2v) is 7.78. The summed E-state index contributed by atoms with van der Waals surface area (Å²) < 4.78 is 0. The largest absolute Gasteiger partial charge is 0.322 e. The number of anilines is 1. The Balaban J connectivity index is 1.98. The number of carbonyl (C=O) groups excluding carboxylic acids is 1. The summed E-state index contributed by atoms with van der Waals surface area (Å²) in [6.07, 6.45) is 0. The molecule has 0 heterocycles. The van der Waals surface area contributed by atoms with E-state index in [0.29, 0.717) is 16.1 Å². The molecule has 0 radical (unpaired) electrons. The van der Waals surface area contributed by atoms with Crippen molar-refractivity contribution in [3.05, 3.63) is 92.5 Å². The van der Waals surface area contributed by atoms with Crippen LogP contribution in [0.2, 0.25) is 0 Å². The molecule has 0 saturated heterocycles. The Morgan fingerprint density at radius 1 is 0.968 bits per heavy atom. The SMILES string of the molecule is Cc1ccc(NC(=O)c2ccccc2Sc2cc(C#N)c(C#N)cc2[N+](=O)[O-])cc1C. The van der Waals surface area contributed by atoms with Crippen LogP contribution in [0.15, 0.2) is 64.4 Å². The van der Waals surface area contributed by atoms with Gasteiger partial charge in [0.1, 0.15) is 12.1 Å². The highest BCUT2D eigenvalue weighted by atomic mass is 32.2. The summed E-state index contributed by atoms with van der Waals surface area (Å²) in [5.74, 6) is -0.358. The number of nitro benzene ring substituents is 1. The first-order valence-corrected chi connectivity index (χ1v) is 9.93. The average molecular weight is 428 g/mol. The van der Waals surface area contributed by atoms with Crippen molar-refractivity contribution in [2.45, 2.75) is 23.6 Å². The first kappa shape index (κ1) is 21.6. The lowest BCUT2D eigenvalue weighted by molar-refractivity contribution is -0.387. The topological polar surface area (TPSA) is 120 Å². The van der Waals surface area contributed by atoms with Gasteiger partial charge >= 0.3 is 0 Å². The number of nitriles is 2. The van der Waals surface area contributed by atoms with Crippen molar-refractivity contribution < 1.29 is 9.72 Å². The lowest BCUT2D eigenvalue weighted by Gasteiger charge is -2.11. The second kappa shape index (κ2) is 9.12. The van der Waals surface area contributed by atoms with Crippen LogP contribution in [0.25, 0.3) is 0 Å². The number of nitrogens with zero attached hydrogens (tertiary/aromatic N) is 3. The number of nitro groups is 1. The fraction of sp³-hybridized carbons (Fsp3) is 0.0870. The van der Waals surface area contributed by atoms with Crippen LogP contribution in [0.3, 0.4) is 0 Å². The predicted molar refractivity (Wildman–Crippen MR) is 117 cm³/mol. The minimum Gasteiger partial charge on any atom is -0.322 e. The van der Waals surface area contributed by atoms with E-state index in [-0.39, 0.29) is 27.6 Å². The zero-order chi connectivity index (χ0) is 22.5. The van der Waals surface area contributed by atoms with Crippen molar-refractivity contribution in [1.29, 1.82) is 10.5 Å². The second-order valence-electron chi connectivity index (χ2n) is 6.70. The number of hydrogen-bond donors (Lipinski definition) is 1. The standard InChI is InChI=1S/C23H16N4O3S/c1-14-7-8-18(9-15(14)2)26-23(28)19-5-3-4-6-21(19)31-22-11-17(13-25)16(12-24)10-20(22)27(29)30/h3-11H,1-2H3,(H,26,28). The highest BCUT2D eigenvalue weighted by Gasteiger charge is 2.21. The molecule has 1 amide bonds. The average Bonchev–Trinajstić information content (AvgIpc) is 2.76. The molecular weight excluding hydrogens is 412 g/mol. The molecule has 0 spiro atoms. The smallest absolute Gasteiger partial charge is 0.284 e. The van der Waals surface area contributed by atoms with Crippen LogP contribution in [0.4, 0.5) is 11.4 Å². The number of amides is 1. The molecule has 0 aliphatic rings. The van der Waals surface area contributed by atoms with Crippen LogP contribution in [0, 0.1) is 46.6 Å². The lowest BCUT2D eigenvalue weighted by atomic mass is 10.1. The Hall–Kier alpha value is -4.14. The minimum atomic E-state index is -0.609. The van der Waals surface area contributed by atoms with E-state index in [1.54, 1.807) is 36.4 Å². The highest BCUT2D eigenvalue weighted by Crippen LogP contribution is 2.38. The summed E-state index contributed by atoms with van der Waals surface area (Å²) in [5, 5.41) is 32.8. The molecule has 0 bridgehead atoms. The highest BCUT2D eigenvalue weighted by molar-refractivity contribution is 7.99. The number of hydrogen-bond acceptors (Lipinski definition) is 6. The summed E-state index contributed by atoms with van der Waals surface area (Å²) in [6.45, 7) is 3.93. The number of aryl methyl sites for hydroxylation is 2. The van der Waals surface area contributed by atoms with Gasteiger partial charge in [-0.2, -0.15) is 10.5 Å². The normalized spacial score (nSPS) is 10.1. The predicted octanol–water partition coefficient (Wildman–Crippen LogP) is 5.36. The van der Waals surface area contributed by atoms with Gasteiger partial charge in [-0.25, -0.2) is 0 Å². The van der Waals surface area contributed by atoms with E-state index in [2.05, 4.69) is 5.32 Å². The number of nitrogens with one attached hydrogen (secondary N) is 1. The van der Waals surface area contributed by atoms with Gasteiger partial charge in [-0.15, -0.1) is 0 Å². The quantitative estimate of drug-likeness (QED) is 0.431. The molecule has 8 heteroatoms. The first-order valence-electron chi connectivity index (χ1n) is 9.12. The number of benzene rings is 3. The molecule has 1 N–H and O–H groups in total. The molecule has 0 saturated carbocycles. The van der Waals surface area contributed by atoms with Crippen molar-refractivity contribution >= 4 is 29.0 Å². The monoisotopic (exact) mass is 428 g/mol. The Morgan fingerprint density at radius 2 is 1.65 bits per heavy atom. The summed E-state index contributed by atoms with van der Waals surface area (Å²) in [7, 11) is 0. The zero-order valence-electron chi connectivity index (χ0n) is 16.7. The number of carbonyl (C=O) groups is 1. The fourth-order valence-electron chi connectivity index (χ4n) is 2.86.